The fourth-order valence-electron chi connectivity index (χ4n) is 3.26. The van der Waals surface area contributed by atoms with Gasteiger partial charge in [0, 0.05) is 26.4 Å². The summed E-state index contributed by atoms with van der Waals surface area (Å²) < 4.78 is 30.6. The minimum atomic E-state index is -2.15. The van der Waals surface area contributed by atoms with Gasteiger partial charge in [-0.05, 0) is 60.3 Å². The highest BCUT2D eigenvalue weighted by molar-refractivity contribution is 6.48. The van der Waals surface area contributed by atoms with E-state index in [1.54, 1.807) is 0 Å². The Hall–Kier alpha value is -0.503. The number of rotatable bonds is 19. The summed E-state index contributed by atoms with van der Waals surface area (Å²) in [6.45, 7) is 23.7. The topological polar surface area (TPSA) is 46.2 Å². The summed E-state index contributed by atoms with van der Waals surface area (Å²) in [5.74, 6) is 0. The molecule has 6 heteroatoms. The maximum absolute atomic E-state index is 6.43. The van der Waals surface area contributed by atoms with Gasteiger partial charge < -0.3 is 23.1 Å². The van der Waals surface area contributed by atoms with Gasteiger partial charge in [0.25, 0.3) is 0 Å². The van der Waals surface area contributed by atoms with Crippen LogP contribution in [0.4, 0.5) is 0 Å². The Morgan fingerprint density at radius 2 is 1.50 bits per heavy atom. The Bertz CT molecular complexity index is 423. The van der Waals surface area contributed by atoms with Crippen LogP contribution in [-0.2, 0) is 23.1 Å². The average molecular weight is 417 g/mol. The highest BCUT2D eigenvalue weighted by atomic mass is 28.3. The maximum Gasteiger partial charge on any atom is 0.357 e. The highest BCUT2D eigenvalue weighted by Gasteiger charge is 2.50. The van der Waals surface area contributed by atoms with Crippen LogP contribution in [0.25, 0.3) is 0 Å². The van der Waals surface area contributed by atoms with E-state index in [4.69, 9.17) is 23.1 Å². The standard InChI is InChI=1S/C22H44O5Si/c1-9-21(24-18-20(7)8)22(25-10-2,28(26-11-3)27-12-4)15-13-14-16-23-17-19(5)6/h21,28H,5,7,9-18H2,1-4,6,8H3. The van der Waals surface area contributed by atoms with E-state index >= 15 is 0 Å². The molecule has 0 fully saturated rings. The lowest BCUT2D eigenvalue weighted by Crippen LogP contribution is -2.60. The zero-order valence-corrected chi connectivity index (χ0v) is 20.3. The van der Waals surface area contributed by atoms with Crippen LogP contribution < -0.4 is 0 Å². The quantitative estimate of drug-likeness (QED) is 0.173. The molecule has 0 aromatic carbocycles. The van der Waals surface area contributed by atoms with E-state index in [0.29, 0.717) is 39.6 Å². The fraction of sp³-hybridized carbons (Fsp3) is 0.818. The van der Waals surface area contributed by atoms with Gasteiger partial charge in [0.1, 0.15) is 5.22 Å². The summed E-state index contributed by atoms with van der Waals surface area (Å²) in [6.07, 6.45) is 3.51. The third-order valence-electron chi connectivity index (χ3n) is 4.35. The maximum atomic E-state index is 6.43. The van der Waals surface area contributed by atoms with E-state index in [2.05, 4.69) is 20.1 Å². The summed E-state index contributed by atoms with van der Waals surface area (Å²) in [7, 11) is -2.15. The molecule has 0 aromatic heterocycles. The molecule has 5 nitrogen and oxygen atoms in total. The second-order valence-corrected chi connectivity index (χ2v) is 9.57. The molecule has 0 saturated heterocycles. The first-order valence-electron chi connectivity index (χ1n) is 10.7. The molecule has 0 amide bonds. The third-order valence-corrected chi connectivity index (χ3v) is 7.25. The first kappa shape index (κ1) is 27.5. The lowest BCUT2D eigenvalue weighted by atomic mass is 10.0. The van der Waals surface area contributed by atoms with Gasteiger partial charge >= 0.3 is 9.28 Å². The lowest BCUT2D eigenvalue weighted by Gasteiger charge is -2.43. The predicted molar refractivity (Wildman–Crippen MR) is 119 cm³/mol. The van der Waals surface area contributed by atoms with Gasteiger partial charge in [-0.1, -0.05) is 31.2 Å². The fourth-order valence-corrected chi connectivity index (χ4v) is 5.91. The minimum Gasteiger partial charge on any atom is -0.395 e. The van der Waals surface area contributed by atoms with Crippen LogP contribution in [0.3, 0.4) is 0 Å². The molecule has 2 atom stereocenters. The summed E-state index contributed by atoms with van der Waals surface area (Å²) in [6, 6.07) is 0. The molecule has 0 spiro atoms. The first-order valence-corrected chi connectivity index (χ1v) is 12.2. The van der Waals surface area contributed by atoms with Crippen LogP contribution in [-0.4, -0.2) is 60.3 Å². The van der Waals surface area contributed by atoms with Crippen molar-refractivity contribution >= 4 is 9.28 Å². The molecule has 0 aromatic rings. The largest absolute Gasteiger partial charge is 0.395 e. The lowest BCUT2D eigenvalue weighted by molar-refractivity contribution is -0.120. The SMILES string of the molecule is C=C(C)COCCCCC(OCC)(C(CC)OCC(=C)C)[SiH](OCC)OCC. The molecule has 28 heavy (non-hydrogen) atoms. The number of hydrogen-bond acceptors (Lipinski definition) is 5. The van der Waals surface area contributed by atoms with E-state index < -0.39 is 14.5 Å². The minimum absolute atomic E-state index is 0.0877. The van der Waals surface area contributed by atoms with E-state index in [-0.39, 0.29) is 6.10 Å². The van der Waals surface area contributed by atoms with Gasteiger partial charge in [-0.3, -0.25) is 0 Å². The van der Waals surface area contributed by atoms with Gasteiger partial charge in [0.15, 0.2) is 0 Å². The Morgan fingerprint density at radius 1 is 0.893 bits per heavy atom. The Labute approximate surface area is 175 Å². The van der Waals surface area contributed by atoms with Crippen LogP contribution in [0.2, 0.25) is 0 Å². The van der Waals surface area contributed by atoms with Crippen LogP contribution in [0.1, 0.15) is 67.2 Å². The van der Waals surface area contributed by atoms with E-state index in [9.17, 15) is 0 Å². The number of hydrogen-bond donors (Lipinski definition) is 0. The van der Waals surface area contributed by atoms with E-state index in [1.165, 1.54) is 0 Å². The summed E-state index contributed by atoms with van der Waals surface area (Å²) >= 11 is 0. The molecule has 0 aliphatic heterocycles. The third kappa shape index (κ3) is 10.3. The summed E-state index contributed by atoms with van der Waals surface area (Å²) in [4.78, 5) is 0. The van der Waals surface area contributed by atoms with Crippen molar-refractivity contribution < 1.29 is 23.1 Å². The van der Waals surface area contributed by atoms with Gasteiger partial charge in [-0.15, -0.1) is 0 Å². The van der Waals surface area contributed by atoms with Crippen molar-refractivity contribution in [1.82, 2.24) is 0 Å². The Kier molecular flexibility index (Phi) is 16.0. The second-order valence-electron chi connectivity index (χ2n) is 7.26. The second kappa shape index (κ2) is 16.3. The summed E-state index contributed by atoms with van der Waals surface area (Å²) in [5, 5.41) is -0.528. The van der Waals surface area contributed by atoms with Crippen molar-refractivity contribution in [3.63, 3.8) is 0 Å². The molecule has 2 unspecified atom stereocenters. The molecule has 0 rings (SSSR count). The molecule has 166 valence electrons. The molecule has 0 saturated carbocycles. The van der Waals surface area contributed by atoms with Crippen molar-refractivity contribution in [3.8, 4) is 0 Å². The van der Waals surface area contributed by atoms with Crippen molar-refractivity contribution in [1.29, 1.82) is 0 Å². The van der Waals surface area contributed by atoms with Crippen LogP contribution in [0.5, 0.6) is 0 Å². The first-order chi connectivity index (χ1) is 13.4. The normalized spacial score (nSPS) is 14.8. The molecule has 0 N–H and O–H groups in total. The molecule has 0 bridgehead atoms. The van der Waals surface area contributed by atoms with Gasteiger partial charge in [0.2, 0.25) is 0 Å². The smallest absolute Gasteiger partial charge is 0.357 e. The Morgan fingerprint density at radius 3 is 1.96 bits per heavy atom. The predicted octanol–water partition coefficient (Wildman–Crippen LogP) is 4.73. The van der Waals surface area contributed by atoms with Gasteiger partial charge in [0.05, 0.1) is 19.3 Å². The van der Waals surface area contributed by atoms with Crippen molar-refractivity contribution in [2.75, 3.05) is 39.6 Å². The number of ether oxygens (including phenoxy) is 3. The molecule has 0 heterocycles. The molecular weight excluding hydrogens is 372 g/mol. The molecule has 0 aliphatic rings. The van der Waals surface area contributed by atoms with Crippen molar-refractivity contribution in [3.05, 3.63) is 24.3 Å². The number of unbranched alkanes of at least 4 members (excludes halogenated alkanes) is 1. The van der Waals surface area contributed by atoms with Crippen molar-refractivity contribution in [2.45, 2.75) is 78.6 Å². The molecule has 0 aliphatic carbocycles. The molecular formula is C22H44O5Si. The van der Waals surface area contributed by atoms with Gasteiger partial charge in [-0.25, -0.2) is 0 Å². The van der Waals surface area contributed by atoms with E-state index in [1.807, 2.05) is 34.6 Å². The van der Waals surface area contributed by atoms with E-state index in [0.717, 1.165) is 36.8 Å². The average Bonchev–Trinajstić information content (AvgIpc) is 2.64. The van der Waals surface area contributed by atoms with Crippen LogP contribution in [0, 0.1) is 0 Å². The monoisotopic (exact) mass is 416 g/mol. The van der Waals surface area contributed by atoms with Gasteiger partial charge in [-0.2, -0.15) is 0 Å². The van der Waals surface area contributed by atoms with Crippen LogP contribution in [0.15, 0.2) is 24.3 Å². The zero-order chi connectivity index (χ0) is 21.4. The highest BCUT2D eigenvalue weighted by Crippen LogP contribution is 2.32. The summed E-state index contributed by atoms with van der Waals surface area (Å²) in [5.41, 5.74) is 2.05. The van der Waals surface area contributed by atoms with Crippen molar-refractivity contribution in [2.24, 2.45) is 0 Å². The van der Waals surface area contributed by atoms with Crippen LogP contribution >= 0.6 is 0 Å². The zero-order valence-electron chi connectivity index (χ0n) is 19.2. The Balaban J connectivity index is 5.38. The molecule has 0 radical (unpaired) electrons.